The van der Waals surface area contributed by atoms with E-state index < -0.39 is 0 Å². The van der Waals surface area contributed by atoms with E-state index in [9.17, 15) is 0 Å². The molecule has 1 aliphatic rings. The molecule has 24 heavy (non-hydrogen) atoms. The maximum atomic E-state index is 4.75. The molecule has 2 nitrogen and oxygen atoms in total. The van der Waals surface area contributed by atoms with Crippen LogP contribution >= 0.6 is 24.2 Å². The Kier molecular flexibility index (Phi) is 16.3. The van der Waals surface area contributed by atoms with Gasteiger partial charge in [-0.15, -0.1) is 0 Å². The van der Waals surface area contributed by atoms with Gasteiger partial charge in [-0.1, -0.05) is 80.9 Å². The summed E-state index contributed by atoms with van der Waals surface area (Å²) in [7, 11) is 0. The molecule has 0 aromatic rings. The number of quaternary nitrogens is 1. The average Bonchev–Trinajstić information content (AvgIpc) is 2.97. The lowest BCUT2D eigenvalue weighted by Crippen LogP contribution is -2.50. The Morgan fingerprint density at radius 1 is 0.833 bits per heavy atom. The van der Waals surface area contributed by atoms with E-state index in [-0.39, 0.29) is 0 Å². The molecule has 1 aliphatic heterocycles. The molecule has 0 bridgehead atoms. The minimum absolute atomic E-state index is 0.736. The maximum Gasteiger partial charge on any atom is 0.0838 e. The number of rotatable bonds is 12. The van der Waals surface area contributed by atoms with Crippen LogP contribution in [-0.4, -0.2) is 39.1 Å². The fourth-order valence-corrected chi connectivity index (χ4v) is 4.64. The molecular weight excluding hydrogens is 372 g/mol. The molecule has 0 unspecified atom stereocenters. The summed E-state index contributed by atoms with van der Waals surface area (Å²) in [5.41, 5.74) is 0. The molecule has 0 N–H and O–H groups in total. The highest BCUT2D eigenvalue weighted by atomic mass is 32.2. The van der Waals surface area contributed by atoms with E-state index in [1.54, 1.807) is 0 Å². The van der Waals surface area contributed by atoms with Crippen LogP contribution in [0.15, 0.2) is 3.77 Å². The van der Waals surface area contributed by atoms with Gasteiger partial charge in [-0.2, -0.15) is 3.77 Å². The van der Waals surface area contributed by atoms with Crippen molar-refractivity contribution in [3.8, 4) is 0 Å². The molecule has 0 aromatic carbocycles. The largest absolute Gasteiger partial charge is 0.742 e. The fourth-order valence-electron chi connectivity index (χ4n) is 2.81. The molecule has 0 atom stereocenters. The van der Waals surface area contributed by atoms with Gasteiger partial charge in [-0.25, -0.2) is 0 Å². The Morgan fingerprint density at radius 2 is 1.21 bits per heavy atom. The second-order valence-electron chi connectivity index (χ2n) is 6.48. The van der Waals surface area contributed by atoms with Crippen LogP contribution in [0.1, 0.15) is 79.1 Å². The minimum atomic E-state index is 0.736. The van der Waals surface area contributed by atoms with E-state index in [2.05, 4.69) is 31.5 Å². The van der Waals surface area contributed by atoms with Crippen LogP contribution in [0, 0.1) is 0 Å². The van der Waals surface area contributed by atoms with Gasteiger partial charge in [0.1, 0.15) is 0 Å². The standard InChI is InChI=1S/C16H36N.C2HNS4/c1-5-9-13-17(14-10-6-2,15-11-7-3)16-12-8-4;4-1-2(5)7-3-6-1/h5-16H2,1-4H3;4H/q+1;/p-1. The molecule has 1 rings (SSSR count). The van der Waals surface area contributed by atoms with Gasteiger partial charge in [-0.3, -0.25) is 0 Å². The minimum Gasteiger partial charge on any atom is -0.742 e. The van der Waals surface area contributed by atoms with Crippen LogP contribution in [0.3, 0.4) is 0 Å². The Hall–Kier alpha value is 0.640. The van der Waals surface area contributed by atoms with Crippen molar-refractivity contribution < 1.29 is 4.48 Å². The highest BCUT2D eigenvalue weighted by Gasteiger charge is 2.24. The van der Waals surface area contributed by atoms with Crippen molar-refractivity contribution in [3.63, 3.8) is 0 Å². The van der Waals surface area contributed by atoms with Gasteiger partial charge >= 0.3 is 0 Å². The second kappa shape index (κ2) is 15.9. The number of hydrogen-bond donors (Lipinski definition) is 0. The lowest BCUT2D eigenvalue weighted by atomic mass is 10.1. The van der Waals surface area contributed by atoms with Gasteiger partial charge in [0.15, 0.2) is 0 Å². The molecule has 0 radical (unpaired) electrons. The van der Waals surface area contributed by atoms with Crippen LogP contribution in [0.5, 0.6) is 0 Å². The zero-order chi connectivity index (χ0) is 18.3. The summed E-state index contributed by atoms with van der Waals surface area (Å²) in [6, 6.07) is 0. The Labute approximate surface area is 169 Å². The topological polar surface area (TPSA) is 12.4 Å². The molecule has 142 valence electrons. The van der Waals surface area contributed by atoms with Gasteiger partial charge in [0.2, 0.25) is 0 Å². The summed E-state index contributed by atoms with van der Waals surface area (Å²) in [6.07, 6.45) is 11.1. The molecule has 0 aromatic heterocycles. The zero-order valence-electron chi connectivity index (χ0n) is 16.0. The SMILES string of the molecule is CCCC[N+](CCCC)(CCCC)CCCC.S=C1SN=S=C1[S-]. The van der Waals surface area contributed by atoms with E-state index in [0.717, 1.165) is 8.39 Å². The first-order chi connectivity index (χ1) is 11.5. The number of unbranched alkanes of at least 4 members (excludes halogenated alkanes) is 4. The summed E-state index contributed by atoms with van der Waals surface area (Å²) in [5, 5.41) is 0. The van der Waals surface area contributed by atoms with Gasteiger partial charge in [0, 0.05) is 11.9 Å². The Balaban J connectivity index is 0.000000620. The Morgan fingerprint density at radius 3 is 1.38 bits per heavy atom. The van der Waals surface area contributed by atoms with Crippen LogP contribution < -0.4 is 0 Å². The highest BCUT2D eigenvalue weighted by Crippen LogP contribution is 2.16. The molecule has 0 saturated heterocycles. The highest BCUT2D eigenvalue weighted by molar-refractivity contribution is 8.33. The second-order valence-corrected chi connectivity index (χ2v) is 9.59. The molecule has 0 fully saturated rings. The molecule has 0 saturated carbocycles. The molecule has 1 heterocycles. The fraction of sp³-hybridized carbons (Fsp3) is 0.889. The van der Waals surface area contributed by atoms with E-state index in [4.69, 9.17) is 24.8 Å². The van der Waals surface area contributed by atoms with Crippen molar-refractivity contribution in [1.82, 2.24) is 0 Å². The summed E-state index contributed by atoms with van der Waals surface area (Å²) >= 11 is 12.1. The number of nitrogens with zero attached hydrogens (tertiary/aromatic N) is 2. The summed E-state index contributed by atoms with van der Waals surface area (Å²) < 4.78 is 6.69. The maximum absolute atomic E-state index is 4.75. The Bertz CT molecular complexity index is 366. The zero-order valence-corrected chi connectivity index (χ0v) is 19.3. The third-order valence-corrected chi connectivity index (χ3v) is 7.06. The lowest BCUT2D eigenvalue weighted by molar-refractivity contribution is -0.929. The predicted octanol–water partition coefficient (Wildman–Crippen LogP) is 5.92. The molecule has 0 spiro atoms. The molecular formula is C18H36N2S4. The van der Waals surface area contributed by atoms with E-state index >= 15 is 0 Å². The van der Waals surface area contributed by atoms with Gasteiger partial charge < -0.3 is 17.1 Å². The molecule has 6 heteroatoms. The van der Waals surface area contributed by atoms with Crippen LogP contribution in [0.25, 0.3) is 0 Å². The third kappa shape index (κ3) is 11.3. The van der Waals surface area contributed by atoms with Gasteiger partial charge in [0.25, 0.3) is 0 Å². The summed E-state index contributed by atoms with van der Waals surface area (Å²) in [5.74, 6) is 0. The predicted molar refractivity (Wildman–Crippen MR) is 122 cm³/mol. The monoisotopic (exact) mass is 408 g/mol. The van der Waals surface area contributed by atoms with Crippen LogP contribution in [0.4, 0.5) is 0 Å². The lowest BCUT2D eigenvalue weighted by Gasteiger charge is -2.39. The van der Waals surface area contributed by atoms with Crippen LogP contribution in [0.2, 0.25) is 0 Å². The van der Waals surface area contributed by atoms with Crippen molar-refractivity contribution in [2.24, 2.45) is 3.77 Å². The van der Waals surface area contributed by atoms with Gasteiger partial charge in [-0.05, 0) is 25.7 Å². The van der Waals surface area contributed by atoms with Crippen LogP contribution in [-0.2, 0) is 23.8 Å². The van der Waals surface area contributed by atoms with E-state index in [1.807, 2.05) is 0 Å². The quantitative estimate of drug-likeness (QED) is 0.172. The summed E-state index contributed by atoms with van der Waals surface area (Å²) in [4.78, 5) is 0. The normalized spacial score (nSPS) is 14.0. The number of thiocarbonyl (C=S) groups is 1. The summed E-state index contributed by atoms with van der Waals surface area (Å²) in [6.45, 7) is 15.0. The van der Waals surface area contributed by atoms with Crippen molar-refractivity contribution in [3.05, 3.63) is 0 Å². The van der Waals surface area contributed by atoms with Crippen molar-refractivity contribution in [2.45, 2.75) is 79.1 Å². The van der Waals surface area contributed by atoms with Crippen molar-refractivity contribution in [1.29, 1.82) is 0 Å². The van der Waals surface area contributed by atoms with Crippen molar-refractivity contribution >= 4 is 56.3 Å². The van der Waals surface area contributed by atoms with Gasteiger partial charge in [0.05, 0.1) is 30.4 Å². The molecule has 0 aliphatic carbocycles. The van der Waals surface area contributed by atoms with Crippen molar-refractivity contribution in [2.75, 3.05) is 26.2 Å². The number of hydrogen-bond acceptors (Lipinski definition) is 4. The van der Waals surface area contributed by atoms with E-state index in [0.29, 0.717) is 0 Å². The molecule has 0 amide bonds. The smallest absolute Gasteiger partial charge is 0.0838 e. The first-order valence-corrected chi connectivity index (χ1v) is 11.9. The third-order valence-electron chi connectivity index (χ3n) is 4.35. The van der Waals surface area contributed by atoms with E-state index in [1.165, 1.54) is 105 Å². The first-order valence-electron chi connectivity index (χ1n) is 9.52. The average molecular weight is 409 g/mol. The first kappa shape index (κ1) is 24.6.